The van der Waals surface area contributed by atoms with Crippen LogP contribution in [0.25, 0.3) is 5.70 Å². The van der Waals surface area contributed by atoms with Crippen molar-refractivity contribution in [3.8, 4) is 0 Å². The van der Waals surface area contributed by atoms with Crippen LogP contribution in [0.5, 0.6) is 0 Å². The number of hydrogen-bond acceptors (Lipinski definition) is 4. The van der Waals surface area contributed by atoms with E-state index in [2.05, 4.69) is 0 Å². The maximum Gasteiger partial charge on any atom is 0.431 e. The molecule has 0 aromatic heterocycles. The molecule has 0 bridgehead atoms. The topological polar surface area (TPSA) is 66.8 Å². The molecule has 1 heterocycles. The van der Waals surface area contributed by atoms with Gasteiger partial charge in [-0.3, -0.25) is 9.69 Å². The molecule has 8 heteroatoms. The third kappa shape index (κ3) is 2.95. The number of nitrogens with zero attached hydrogens (tertiary/aromatic N) is 1. The number of hydrogen-bond donors (Lipinski definition) is 1. The summed E-state index contributed by atoms with van der Waals surface area (Å²) in [6.07, 6.45) is -5.43. The fourth-order valence-electron chi connectivity index (χ4n) is 3.06. The number of para-hydroxylation sites is 1. The van der Waals surface area contributed by atoms with Crippen LogP contribution >= 0.6 is 0 Å². The lowest BCUT2D eigenvalue weighted by molar-refractivity contribution is -0.236. The van der Waals surface area contributed by atoms with Gasteiger partial charge in [-0.05, 0) is 24.6 Å². The van der Waals surface area contributed by atoms with Gasteiger partial charge < -0.3 is 9.84 Å². The molecule has 5 nitrogen and oxygen atoms in total. The van der Waals surface area contributed by atoms with Crippen LogP contribution in [-0.4, -0.2) is 35.4 Å². The second kappa shape index (κ2) is 7.12. The van der Waals surface area contributed by atoms with E-state index in [1.165, 1.54) is 43.3 Å². The Labute approximate surface area is 158 Å². The van der Waals surface area contributed by atoms with Crippen molar-refractivity contribution in [2.24, 2.45) is 0 Å². The summed E-state index contributed by atoms with van der Waals surface area (Å²) < 4.78 is 46.4. The van der Waals surface area contributed by atoms with Gasteiger partial charge >= 0.3 is 12.1 Å². The number of carbonyl (C=O) groups excluding carboxylic acids is 2. The minimum Gasteiger partial charge on any atom is -0.462 e. The van der Waals surface area contributed by atoms with Crippen LogP contribution in [0.1, 0.15) is 12.5 Å². The number of anilines is 1. The predicted molar refractivity (Wildman–Crippen MR) is 94.9 cm³/mol. The number of amides is 1. The van der Waals surface area contributed by atoms with Crippen molar-refractivity contribution in [1.29, 1.82) is 0 Å². The van der Waals surface area contributed by atoms with Crippen molar-refractivity contribution in [3.05, 3.63) is 71.8 Å². The molecule has 1 aliphatic rings. The van der Waals surface area contributed by atoms with Gasteiger partial charge in [0.1, 0.15) is 5.57 Å². The third-order valence-corrected chi connectivity index (χ3v) is 4.29. The molecule has 3 rings (SSSR count). The fraction of sp³-hybridized carbons (Fsp3) is 0.200. The molecule has 2 aromatic carbocycles. The molecule has 146 valence electrons. The van der Waals surface area contributed by atoms with Gasteiger partial charge in [0, 0.05) is 5.69 Å². The molecule has 0 saturated carbocycles. The lowest BCUT2D eigenvalue weighted by Crippen LogP contribution is -2.55. The molecule has 1 amide bonds. The molecule has 0 fully saturated rings. The summed E-state index contributed by atoms with van der Waals surface area (Å²) in [4.78, 5) is 26.1. The average molecular weight is 391 g/mol. The van der Waals surface area contributed by atoms with E-state index < -0.39 is 29.2 Å². The SMILES string of the molecule is CCOC(=O)C1=C(c2ccccc2)N(c2ccccc2)C(=O)C1(O)C(F)(F)F. The molecule has 1 N–H and O–H groups in total. The highest BCUT2D eigenvalue weighted by atomic mass is 19.4. The van der Waals surface area contributed by atoms with Gasteiger partial charge in [-0.1, -0.05) is 48.5 Å². The van der Waals surface area contributed by atoms with E-state index in [1.807, 2.05) is 0 Å². The van der Waals surface area contributed by atoms with Gasteiger partial charge in [0.25, 0.3) is 11.5 Å². The first-order valence-corrected chi connectivity index (χ1v) is 8.39. The Morgan fingerprint density at radius 3 is 2.11 bits per heavy atom. The van der Waals surface area contributed by atoms with E-state index in [1.54, 1.807) is 24.3 Å². The Morgan fingerprint density at radius 2 is 1.61 bits per heavy atom. The van der Waals surface area contributed by atoms with Gasteiger partial charge in [0.05, 0.1) is 12.3 Å². The van der Waals surface area contributed by atoms with Crippen LogP contribution in [0.15, 0.2) is 66.2 Å². The molecular weight excluding hydrogens is 375 g/mol. The van der Waals surface area contributed by atoms with Crippen molar-refractivity contribution >= 4 is 23.3 Å². The quantitative estimate of drug-likeness (QED) is 0.813. The van der Waals surface area contributed by atoms with Crippen molar-refractivity contribution in [2.75, 3.05) is 11.5 Å². The summed E-state index contributed by atoms with van der Waals surface area (Å²) in [5, 5.41) is 10.5. The number of ether oxygens (including phenoxy) is 1. The van der Waals surface area contributed by atoms with E-state index >= 15 is 0 Å². The van der Waals surface area contributed by atoms with Crippen LogP contribution in [0.4, 0.5) is 18.9 Å². The zero-order chi connectivity index (χ0) is 20.5. The highest BCUT2D eigenvalue weighted by molar-refractivity contribution is 6.25. The van der Waals surface area contributed by atoms with Crippen molar-refractivity contribution in [2.45, 2.75) is 18.7 Å². The van der Waals surface area contributed by atoms with Crippen LogP contribution in [0.2, 0.25) is 0 Å². The highest BCUT2D eigenvalue weighted by Gasteiger charge is 2.70. The van der Waals surface area contributed by atoms with Gasteiger partial charge in [-0.2, -0.15) is 13.2 Å². The van der Waals surface area contributed by atoms with Gasteiger partial charge in [-0.15, -0.1) is 0 Å². The zero-order valence-corrected chi connectivity index (χ0v) is 14.7. The Hall–Kier alpha value is -3.13. The first-order chi connectivity index (χ1) is 13.2. The lowest BCUT2D eigenvalue weighted by atomic mass is 9.92. The molecule has 1 atom stereocenters. The number of carbonyl (C=O) groups is 2. The number of esters is 1. The highest BCUT2D eigenvalue weighted by Crippen LogP contribution is 2.49. The number of aliphatic hydroxyl groups is 1. The smallest absolute Gasteiger partial charge is 0.431 e. The predicted octanol–water partition coefficient (Wildman–Crippen LogP) is 3.30. The first kappa shape index (κ1) is 19.6. The summed E-state index contributed by atoms with van der Waals surface area (Å²) in [5.74, 6) is -3.10. The van der Waals surface area contributed by atoms with Gasteiger partial charge in [-0.25, -0.2) is 4.79 Å². The first-order valence-electron chi connectivity index (χ1n) is 8.39. The molecular formula is C20H16F3NO4. The van der Waals surface area contributed by atoms with E-state index in [-0.39, 0.29) is 23.6 Å². The maximum absolute atomic E-state index is 13.9. The summed E-state index contributed by atoms with van der Waals surface area (Å²) in [5.41, 5.74) is -5.31. The second-order valence-corrected chi connectivity index (χ2v) is 5.99. The number of rotatable bonds is 4. The van der Waals surface area contributed by atoms with Crippen molar-refractivity contribution < 1.29 is 32.6 Å². The molecule has 0 aliphatic carbocycles. The molecule has 0 spiro atoms. The molecule has 1 unspecified atom stereocenters. The monoisotopic (exact) mass is 391 g/mol. The number of benzene rings is 2. The number of alkyl halides is 3. The summed E-state index contributed by atoms with van der Waals surface area (Å²) >= 11 is 0. The fourth-order valence-corrected chi connectivity index (χ4v) is 3.06. The van der Waals surface area contributed by atoms with Crippen molar-refractivity contribution in [1.82, 2.24) is 0 Å². The Bertz CT molecular complexity index is 925. The van der Waals surface area contributed by atoms with Gasteiger partial charge in [0.2, 0.25) is 0 Å². The van der Waals surface area contributed by atoms with E-state index in [0.717, 1.165) is 0 Å². The van der Waals surface area contributed by atoms with E-state index in [9.17, 15) is 27.9 Å². The Balaban J connectivity index is 2.38. The Morgan fingerprint density at radius 1 is 1.07 bits per heavy atom. The zero-order valence-electron chi connectivity index (χ0n) is 14.7. The van der Waals surface area contributed by atoms with Crippen LogP contribution in [0.3, 0.4) is 0 Å². The molecule has 2 aromatic rings. The third-order valence-electron chi connectivity index (χ3n) is 4.29. The second-order valence-electron chi connectivity index (χ2n) is 5.99. The largest absolute Gasteiger partial charge is 0.462 e. The normalized spacial score (nSPS) is 19.9. The van der Waals surface area contributed by atoms with Crippen LogP contribution in [0, 0.1) is 0 Å². The minimum absolute atomic E-state index is 0.0772. The average Bonchev–Trinajstić information content (AvgIpc) is 2.92. The Kier molecular flexibility index (Phi) is 4.99. The maximum atomic E-state index is 13.9. The van der Waals surface area contributed by atoms with Gasteiger partial charge in [0.15, 0.2) is 0 Å². The summed E-state index contributed by atoms with van der Waals surface area (Å²) in [7, 11) is 0. The van der Waals surface area contributed by atoms with Crippen LogP contribution < -0.4 is 4.90 Å². The molecule has 0 radical (unpaired) electrons. The van der Waals surface area contributed by atoms with E-state index in [0.29, 0.717) is 4.90 Å². The molecule has 28 heavy (non-hydrogen) atoms. The molecule has 1 aliphatic heterocycles. The summed E-state index contributed by atoms with van der Waals surface area (Å²) in [6.45, 7) is 1.19. The standard InChI is InChI=1S/C20H16F3NO4/c1-2-28-17(25)15-16(13-9-5-3-6-10-13)24(14-11-7-4-8-12-14)18(26)19(15,27)20(21,22)23/h3-12,27H,2H2,1H3. The lowest BCUT2D eigenvalue weighted by Gasteiger charge is -2.27. The van der Waals surface area contributed by atoms with E-state index in [4.69, 9.17) is 4.74 Å². The van der Waals surface area contributed by atoms with Crippen LogP contribution in [-0.2, 0) is 14.3 Å². The number of halogens is 3. The summed E-state index contributed by atoms with van der Waals surface area (Å²) in [6, 6.07) is 15.1. The minimum atomic E-state index is -5.43. The van der Waals surface area contributed by atoms with Crippen molar-refractivity contribution in [3.63, 3.8) is 0 Å². The molecule has 0 saturated heterocycles.